The van der Waals surface area contributed by atoms with Crippen LogP contribution in [0.15, 0.2) is 42.5 Å². The van der Waals surface area contributed by atoms with Crippen molar-refractivity contribution in [2.45, 2.75) is 56.7 Å². The van der Waals surface area contributed by atoms with Gasteiger partial charge in [-0.25, -0.2) is 0 Å². The Labute approximate surface area is 220 Å². The van der Waals surface area contributed by atoms with Crippen LogP contribution in [0.3, 0.4) is 0 Å². The van der Waals surface area contributed by atoms with Crippen LogP contribution in [-0.4, -0.2) is 30.1 Å². The first-order chi connectivity index (χ1) is 18.1. The molecule has 2 bridgehead atoms. The molecule has 6 nitrogen and oxygen atoms in total. The summed E-state index contributed by atoms with van der Waals surface area (Å²) in [5, 5.41) is 9.05. The predicted molar refractivity (Wildman–Crippen MR) is 125 cm³/mol. The third-order valence-electron chi connectivity index (χ3n) is 7.80. The lowest BCUT2D eigenvalue weighted by molar-refractivity contribution is -0.138. The molecule has 4 rings (SSSR count). The molecule has 12 heteroatoms. The topological polar surface area (TPSA) is 79.6 Å². The van der Waals surface area contributed by atoms with Crippen molar-refractivity contribution in [3.63, 3.8) is 0 Å². The molecule has 2 amide bonds. The molecule has 0 radical (unpaired) electrons. The van der Waals surface area contributed by atoms with Gasteiger partial charge in [-0.2, -0.15) is 31.6 Å². The molecular weight excluding hydrogens is 530 g/mol. The van der Waals surface area contributed by atoms with Crippen LogP contribution in [0.25, 0.3) is 0 Å². The van der Waals surface area contributed by atoms with E-state index in [1.807, 2.05) is 6.92 Å². The summed E-state index contributed by atoms with van der Waals surface area (Å²) in [6.45, 7) is 3.56. The highest BCUT2D eigenvalue weighted by Crippen LogP contribution is 2.59. The van der Waals surface area contributed by atoms with Crippen LogP contribution in [0.5, 0.6) is 5.75 Å². The molecule has 2 aromatic rings. The molecule has 39 heavy (non-hydrogen) atoms. The van der Waals surface area contributed by atoms with Crippen LogP contribution >= 0.6 is 0 Å². The monoisotopic (exact) mass is 554 g/mol. The zero-order chi connectivity index (χ0) is 28.8. The van der Waals surface area contributed by atoms with E-state index >= 15 is 0 Å². The Morgan fingerprint density at radius 3 is 2.36 bits per heavy atom. The number of hydrogen-bond acceptors (Lipinski definition) is 5. The lowest BCUT2D eigenvalue weighted by Crippen LogP contribution is -2.50. The van der Waals surface area contributed by atoms with Crippen LogP contribution < -0.4 is 9.64 Å². The maximum absolute atomic E-state index is 13.7. The first-order valence-corrected chi connectivity index (χ1v) is 12.1. The molecule has 2 unspecified atom stereocenters. The van der Waals surface area contributed by atoms with E-state index in [0.717, 1.165) is 24.3 Å². The number of nitrogens with zero attached hydrogens (tertiary/aromatic N) is 2. The molecule has 0 aliphatic carbocycles. The van der Waals surface area contributed by atoms with Crippen LogP contribution in [0, 0.1) is 23.2 Å². The zero-order valence-electron chi connectivity index (χ0n) is 20.9. The van der Waals surface area contributed by atoms with E-state index in [2.05, 4.69) is 0 Å². The van der Waals surface area contributed by atoms with E-state index in [9.17, 15) is 35.9 Å². The number of nitriles is 1. The molecule has 0 N–H and O–H groups in total. The highest BCUT2D eigenvalue weighted by molar-refractivity contribution is 6.08. The average molecular weight is 554 g/mol. The number of ether oxygens (including phenoxy) is 2. The SMILES string of the molecule is C[C@H]1[C@@H](C(=O)N(C=O)c2ccc(C#N)c(C(F)(F)F)c2)C2(CCOc3ccc(C(F)(F)F)cc3)CCC1(C)O2. The van der Waals surface area contributed by atoms with Gasteiger partial charge in [0.1, 0.15) is 5.75 Å². The van der Waals surface area contributed by atoms with Gasteiger partial charge in [0.05, 0.1) is 52.2 Å². The number of fused-ring (bicyclic) bond motifs is 2. The first kappa shape index (κ1) is 28.4. The van der Waals surface area contributed by atoms with E-state index in [1.165, 1.54) is 18.2 Å². The maximum Gasteiger partial charge on any atom is 0.417 e. The van der Waals surface area contributed by atoms with Crippen molar-refractivity contribution in [3.05, 3.63) is 59.2 Å². The van der Waals surface area contributed by atoms with Crippen molar-refractivity contribution in [1.82, 2.24) is 0 Å². The number of amides is 2. The van der Waals surface area contributed by atoms with Crippen LogP contribution in [-0.2, 0) is 26.7 Å². The van der Waals surface area contributed by atoms with E-state index in [1.54, 1.807) is 6.92 Å². The van der Waals surface area contributed by atoms with Crippen molar-refractivity contribution < 1.29 is 45.4 Å². The molecule has 4 atom stereocenters. The van der Waals surface area contributed by atoms with Gasteiger partial charge in [-0.1, -0.05) is 6.92 Å². The number of carbonyl (C=O) groups excluding carboxylic acids is 2. The van der Waals surface area contributed by atoms with Crippen LogP contribution in [0.4, 0.5) is 32.0 Å². The average Bonchev–Trinajstić information content (AvgIpc) is 3.32. The van der Waals surface area contributed by atoms with Gasteiger partial charge < -0.3 is 9.47 Å². The molecule has 2 fully saturated rings. The summed E-state index contributed by atoms with van der Waals surface area (Å²) in [7, 11) is 0. The van der Waals surface area contributed by atoms with Gasteiger partial charge in [0.25, 0.3) is 0 Å². The third kappa shape index (κ3) is 5.20. The quantitative estimate of drug-likeness (QED) is 0.304. The van der Waals surface area contributed by atoms with Crippen molar-refractivity contribution in [2.75, 3.05) is 11.5 Å². The number of rotatable bonds is 7. The zero-order valence-corrected chi connectivity index (χ0v) is 20.9. The van der Waals surface area contributed by atoms with Crippen LogP contribution in [0.1, 0.15) is 49.8 Å². The number of alkyl halides is 6. The second kappa shape index (κ2) is 9.86. The summed E-state index contributed by atoms with van der Waals surface area (Å²) in [6, 6.07) is 8.17. The fraction of sp³-hybridized carbons (Fsp3) is 0.444. The first-order valence-electron chi connectivity index (χ1n) is 12.1. The minimum Gasteiger partial charge on any atom is -0.493 e. The molecule has 0 aromatic heterocycles. The highest BCUT2D eigenvalue weighted by Gasteiger charge is 2.66. The summed E-state index contributed by atoms with van der Waals surface area (Å²) in [4.78, 5) is 26.4. The van der Waals surface area contributed by atoms with E-state index in [0.29, 0.717) is 23.8 Å². The van der Waals surface area contributed by atoms with Crippen molar-refractivity contribution in [1.29, 1.82) is 5.26 Å². The standard InChI is InChI=1S/C27H24F6N2O4/c1-16-22(23(37)35(15-36)19-6-3-17(14-34)21(13-19)27(31,32)33)25(10-9-24(16,2)39-25)11-12-38-20-7-4-18(5-8-20)26(28,29)30/h3-8,13,15-16,22H,9-12H2,1-2H3/t16-,22-,24?,25?/m0/s1. The maximum atomic E-state index is 13.7. The fourth-order valence-electron chi connectivity index (χ4n) is 5.63. The molecule has 0 saturated carbocycles. The van der Waals surface area contributed by atoms with Crippen LogP contribution in [0.2, 0.25) is 0 Å². The number of hydrogen-bond donors (Lipinski definition) is 0. The Bertz CT molecular complexity index is 1300. The molecule has 2 saturated heterocycles. The number of benzene rings is 2. The summed E-state index contributed by atoms with van der Waals surface area (Å²) in [5.74, 6) is -1.90. The van der Waals surface area contributed by atoms with Gasteiger partial charge in [-0.3, -0.25) is 14.5 Å². The number of carbonyl (C=O) groups is 2. The molecule has 2 aromatic carbocycles. The third-order valence-corrected chi connectivity index (χ3v) is 7.80. The molecule has 2 aliphatic heterocycles. The Morgan fingerprint density at radius 2 is 1.79 bits per heavy atom. The van der Waals surface area contributed by atoms with Gasteiger partial charge in [0.15, 0.2) is 0 Å². The summed E-state index contributed by atoms with van der Waals surface area (Å²) in [5.41, 5.74) is -4.92. The lowest BCUT2D eigenvalue weighted by atomic mass is 9.66. The molecule has 0 spiro atoms. The van der Waals surface area contributed by atoms with E-state index in [-0.39, 0.29) is 30.9 Å². The fourth-order valence-corrected chi connectivity index (χ4v) is 5.63. The molecule has 2 aliphatic rings. The Hall–Kier alpha value is -3.59. The highest BCUT2D eigenvalue weighted by atomic mass is 19.4. The second-order valence-corrected chi connectivity index (χ2v) is 10.0. The van der Waals surface area contributed by atoms with Crippen molar-refractivity contribution in [2.24, 2.45) is 11.8 Å². The second-order valence-electron chi connectivity index (χ2n) is 10.0. The van der Waals surface area contributed by atoms with Crippen molar-refractivity contribution >= 4 is 18.0 Å². The summed E-state index contributed by atoms with van der Waals surface area (Å²) >= 11 is 0. The largest absolute Gasteiger partial charge is 0.493 e. The van der Waals surface area contributed by atoms with E-state index < -0.39 is 58.0 Å². The van der Waals surface area contributed by atoms with Gasteiger partial charge in [0, 0.05) is 6.42 Å². The minimum absolute atomic E-state index is 0.0197. The van der Waals surface area contributed by atoms with Gasteiger partial charge in [-0.15, -0.1) is 0 Å². The summed E-state index contributed by atoms with van der Waals surface area (Å²) in [6.07, 6.45) is -8.09. The molecule has 2 heterocycles. The molecular formula is C27H24F6N2O4. The number of imide groups is 1. The van der Waals surface area contributed by atoms with E-state index in [4.69, 9.17) is 14.7 Å². The Kier molecular flexibility index (Phi) is 7.19. The lowest BCUT2D eigenvalue weighted by Gasteiger charge is -2.37. The minimum atomic E-state index is -4.88. The molecule has 208 valence electrons. The predicted octanol–water partition coefficient (Wildman–Crippen LogP) is 6.13. The summed E-state index contributed by atoms with van der Waals surface area (Å²) < 4.78 is 90.9. The Balaban J connectivity index is 1.57. The van der Waals surface area contributed by atoms with Gasteiger partial charge in [0.2, 0.25) is 12.3 Å². The van der Waals surface area contributed by atoms with Crippen molar-refractivity contribution in [3.8, 4) is 11.8 Å². The number of anilines is 1. The normalized spacial score (nSPS) is 26.2. The Morgan fingerprint density at radius 1 is 1.13 bits per heavy atom. The van der Waals surface area contributed by atoms with Gasteiger partial charge in [-0.05, 0) is 68.1 Å². The number of halogens is 6. The smallest absolute Gasteiger partial charge is 0.417 e. The van der Waals surface area contributed by atoms with Gasteiger partial charge >= 0.3 is 12.4 Å².